The normalized spacial score (nSPS) is 16.9. The summed E-state index contributed by atoms with van der Waals surface area (Å²) in [6.45, 7) is 8.24. The van der Waals surface area contributed by atoms with Crippen molar-refractivity contribution >= 4 is 13.3 Å². The van der Waals surface area contributed by atoms with E-state index in [9.17, 15) is 13.2 Å². The van der Waals surface area contributed by atoms with E-state index in [-0.39, 0.29) is 0 Å². The zero-order valence-corrected chi connectivity index (χ0v) is 15.3. The average Bonchev–Trinajstić information content (AvgIpc) is 2.99. The molecule has 1 fully saturated rings. The number of hydrogen-bond acceptors (Lipinski definition) is 1. The number of rotatable bonds is 7. The van der Waals surface area contributed by atoms with E-state index in [4.69, 9.17) is 0 Å². The molecule has 1 nitrogen and oxygen atoms in total. The first kappa shape index (κ1) is 18.5. The van der Waals surface area contributed by atoms with Crippen LogP contribution in [0.25, 0.3) is 0 Å². The number of alkyl halides is 3. The summed E-state index contributed by atoms with van der Waals surface area (Å²) in [5, 5.41) is 1.13. The van der Waals surface area contributed by atoms with Gasteiger partial charge in [0.15, 0.2) is 0 Å². The van der Waals surface area contributed by atoms with Gasteiger partial charge in [-0.2, -0.15) is 13.2 Å². The molecule has 23 heavy (non-hydrogen) atoms. The van der Waals surface area contributed by atoms with Gasteiger partial charge in [-0.25, -0.2) is 0 Å². The van der Waals surface area contributed by atoms with Crippen LogP contribution in [0.5, 0.6) is 0 Å². The Morgan fingerprint density at radius 3 is 2.13 bits per heavy atom. The molecule has 1 saturated heterocycles. The maximum Gasteiger partial charge on any atom is 0.416 e. The van der Waals surface area contributed by atoms with Gasteiger partial charge in [0.05, 0.1) is 13.6 Å². The fraction of sp³-hybridized carbons (Fsp3) is 0.667. The zero-order chi connectivity index (χ0) is 16.9. The highest BCUT2D eigenvalue weighted by molar-refractivity contribution is 6.89. The van der Waals surface area contributed by atoms with Crippen LogP contribution in [0.2, 0.25) is 19.1 Å². The monoisotopic (exact) mass is 343 g/mol. The number of likely N-dealkylation sites (tertiary alicyclic amines) is 1. The second-order valence-electron chi connectivity index (χ2n) is 7.32. The van der Waals surface area contributed by atoms with Crippen LogP contribution in [-0.4, -0.2) is 32.6 Å². The van der Waals surface area contributed by atoms with Gasteiger partial charge in [-0.3, -0.25) is 0 Å². The predicted octanol–water partition coefficient (Wildman–Crippen LogP) is 4.89. The van der Waals surface area contributed by atoms with Crippen molar-refractivity contribution < 1.29 is 13.2 Å². The smallest absolute Gasteiger partial charge is 0.303 e. The van der Waals surface area contributed by atoms with Gasteiger partial charge in [0.1, 0.15) is 0 Å². The summed E-state index contributed by atoms with van der Waals surface area (Å²) in [6, 6.07) is 7.01. The predicted molar refractivity (Wildman–Crippen MR) is 92.9 cm³/mol. The van der Waals surface area contributed by atoms with Gasteiger partial charge in [-0.15, -0.1) is 0 Å². The van der Waals surface area contributed by atoms with Crippen LogP contribution in [0.3, 0.4) is 0 Å². The fourth-order valence-electron chi connectivity index (χ4n) is 3.34. The molecule has 0 aromatic heterocycles. The molecule has 0 radical (unpaired) electrons. The van der Waals surface area contributed by atoms with Crippen molar-refractivity contribution in [3.05, 3.63) is 29.8 Å². The van der Waals surface area contributed by atoms with Crippen LogP contribution in [0, 0.1) is 0 Å². The molecule has 0 saturated carbocycles. The van der Waals surface area contributed by atoms with E-state index in [2.05, 4.69) is 18.0 Å². The molecule has 0 bridgehead atoms. The quantitative estimate of drug-likeness (QED) is 0.503. The highest BCUT2D eigenvalue weighted by atomic mass is 28.3. The van der Waals surface area contributed by atoms with Gasteiger partial charge in [-0.1, -0.05) is 61.4 Å². The minimum Gasteiger partial charge on any atom is -0.303 e. The summed E-state index contributed by atoms with van der Waals surface area (Å²) in [4.78, 5) is 2.54. The molecule has 0 aliphatic carbocycles. The van der Waals surface area contributed by atoms with Crippen molar-refractivity contribution in [1.29, 1.82) is 0 Å². The maximum atomic E-state index is 12.6. The first-order chi connectivity index (χ1) is 10.8. The fourth-order valence-corrected chi connectivity index (χ4v) is 5.83. The molecule has 1 aromatic rings. The van der Waals surface area contributed by atoms with Crippen molar-refractivity contribution in [2.45, 2.75) is 57.4 Å². The van der Waals surface area contributed by atoms with E-state index in [0.717, 1.165) is 11.2 Å². The Hall–Kier alpha value is -0.813. The van der Waals surface area contributed by atoms with E-state index in [1.807, 2.05) is 0 Å². The summed E-state index contributed by atoms with van der Waals surface area (Å²) in [5.74, 6) is 0. The Labute approximate surface area is 138 Å². The molecule has 1 aromatic carbocycles. The Morgan fingerprint density at radius 2 is 1.57 bits per heavy atom. The topological polar surface area (TPSA) is 3.24 Å². The Kier molecular flexibility index (Phi) is 6.31. The third-order valence-corrected chi connectivity index (χ3v) is 8.47. The van der Waals surface area contributed by atoms with E-state index < -0.39 is 19.8 Å². The lowest BCUT2D eigenvalue weighted by atomic mass is 10.2. The summed E-state index contributed by atoms with van der Waals surface area (Å²) in [7, 11) is -1.62. The van der Waals surface area contributed by atoms with Crippen molar-refractivity contribution in [3.8, 4) is 0 Å². The number of nitrogens with zero attached hydrogens (tertiary/aromatic N) is 1. The van der Waals surface area contributed by atoms with Gasteiger partial charge in [0, 0.05) is 0 Å². The van der Waals surface area contributed by atoms with Crippen LogP contribution >= 0.6 is 0 Å². The molecule has 1 aliphatic heterocycles. The second-order valence-corrected chi connectivity index (χ2v) is 12.2. The molecule has 2 rings (SSSR count). The summed E-state index contributed by atoms with van der Waals surface area (Å²) in [6.07, 6.45) is 2.11. The molecular weight excluding hydrogens is 315 g/mol. The third kappa shape index (κ3) is 5.64. The Bertz CT molecular complexity index is 476. The van der Waals surface area contributed by atoms with Gasteiger partial charge in [0.2, 0.25) is 0 Å². The molecule has 0 atom stereocenters. The van der Waals surface area contributed by atoms with Gasteiger partial charge >= 0.3 is 6.18 Å². The molecule has 1 heterocycles. The lowest BCUT2D eigenvalue weighted by Crippen LogP contribution is -2.41. The van der Waals surface area contributed by atoms with Crippen LogP contribution < -0.4 is 5.19 Å². The third-order valence-electron chi connectivity index (χ3n) is 4.97. The molecular formula is C18H28F3NSi. The van der Waals surface area contributed by atoms with Crippen LogP contribution in [-0.2, 0) is 6.18 Å². The lowest BCUT2D eigenvalue weighted by molar-refractivity contribution is -0.137. The summed E-state index contributed by atoms with van der Waals surface area (Å²) < 4.78 is 37.9. The molecule has 5 heteroatoms. The molecule has 0 unspecified atom stereocenters. The number of unbranched alkanes of at least 4 members (excludes halogenated alkanes) is 2. The van der Waals surface area contributed by atoms with Gasteiger partial charge < -0.3 is 4.90 Å². The van der Waals surface area contributed by atoms with Gasteiger partial charge in [0.25, 0.3) is 0 Å². The van der Waals surface area contributed by atoms with Crippen LogP contribution in [0.1, 0.15) is 37.7 Å². The number of hydrogen-bond donors (Lipinski definition) is 0. The Morgan fingerprint density at radius 1 is 0.957 bits per heavy atom. The van der Waals surface area contributed by atoms with Crippen molar-refractivity contribution in [2.75, 3.05) is 19.6 Å². The number of halogens is 3. The largest absolute Gasteiger partial charge is 0.416 e. The first-order valence-electron chi connectivity index (χ1n) is 8.69. The summed E-state index contributed by atoms with van der Waals surface area (Å²) >= 11 is 0. The molecule has 1 aliphatic rings. The average molecular weight is 344 g/mol. The highest BCUT2D eigenvalue weighted by Gasteiger charge is 2.31. The van der Waals surface area contributed by atoms with Crippen molar-refractivity contribution in [3.63, 3.8) is 0 Å². The van der Waals surface area contributed by atoms with Crippen LogP contribution in [0.4, 0.5) is 13.2 Å². The zero-order valence-electron chi connectivity index (χ0n) is 14.3. The molecule has 0 amide bonds. The van der Waals surface area contributed by atoms with E-state index >= 15 is 0 Å². The first-order valence-corrected chi connectivity index (χ1v) is 11.9. The minimum atomic E-state index is -4.24. The minimum absolute atomic E-state index is 0.545. The second kappa shape index (κ2) is 7.84. The van der Waals surface area contributed by atoms with Gasteiger partial charge in [-0.05, 0) is 38.9 Å². The lowest BCUT2D eigenvalue weighted by Gasteiger charge is -2.23. The maximum absolute atomic E-state index is 12.6. The van der Waals surface area contributed by atoms with E-state index in [1.54, 1.807) is 12.1 Å². The van der Waals surface area contributed by atoms with E-state index in [0.29, 0.717) is 0 Å². The highest BCUT2D eigenvalue weighted by Crippen LogP contribution is 2.28. The Balaban J connectivity index is 1.76. The summed E-state index contributed by atoms with van der Waals surface area (Å²) in [5.41, 5.74) is -0.545. The standard InChI is InChI=1S/C18H28F3NSi/c1-23(2,15-7-3-4-12-22-13-5-6-14-22)17-10-8-16(9-11-17)18(19,20)21/h8-11H,3-7,12-15H2,1-2H3. The van der Waals surface area contributed by atoms with Crippen molar-refractivity contribution in [1.82, 2.24) is 4.90 Å². The van der Waals surface area contributed by atoms with Crippen molar-refractivity contribution in [2.24, 2.45) is 0 Å². The molecule has 0 spiro atoms. The van der Waals surface area contributed by atoms with Crippen LogP contribution in [0.15, 0.2) is 24.3 Å². The SMILES string of the molecule is C[Si](C)(CCCCCN1CCCC1)c1ccc(C(F)(F)F)cc1. The molecule has 130 valence electrons. The number of benzene rings is 1. The van der Waals surface area contributed by atoms with E-state index in [1.165, 1.54) is 63.9 Å². The molecule has 0 N–H and O–H groups in total.